The number of hydrogen-bond donors (Lipinski definition) is 1. The first-order valence-corrected chi connectivity index (χ1v) is 8.43. The molecule has 7 heteroatoms. The lowest BCUT2D eigenvalue weighted by molar-refractivity contribution is 0.0849. The minimum absolute atomic E-state index is 0.325. The van der Waals surface area contributed by atoms with E-state index in [1.807, 2.05) is 12.1 Å². The molecule has 0 bridgehead atoms. The number of pyridine rings is 1. The summed E-state index contributed by atoms with van der Waals surface area (Å²) in [5.41, 5.74) is 3.57. The second kappa shape index (κ2) is 7.08. The van der Waals surface area contributed by atoms with Crippen molar-refractivity contribution >= 4 is 0 Å². The smallest absolute Gasteiger partial charge is 0.206 e. The van der Waals surface area contributed by atoms with Gasteiger partial charge >= 0.3 is 0 Å². The van der Waals surface area contributed by atoms with Gasteiger partial charge in [-0.15, -0.1) is 10.2 Å². The van der Waals surface area contributed by atoms with Crippen LogP contribution in [-0.2, 0) is 19.5 Å². The Hall–Kier alpha value is -2.64. The number of aliphatic hydroxyl groups excluding tert-OH is 1. The molecule has 128 valence electrons. The Morgan fingerprint density at radius 3 is 2.80 bits per heavy atom. The van der Waals surface area contributed by atoms with E-state index in [9.17, 15) is 5.11 Å². The van der Waals surface area contributed by atoms with Crippen molar-refractivity contribution < 1.29 is 5.11 Å². The van der Waals surface area contributed by atoms with Crippen LogP contribution in [0.2, 0.25) is 0 Å². The van der Waals surface area contributed by atoms with E-state index < -0.39 is 6.10 Å². The lowest BCUT2D eigenvalue weighted by atomic mass is 10.00. The molecule has 25 heavy (non-hydrogen) atoms. The standard InChI is InChI=1S/C18H20N6O/c25-17(12-23-9-7-14-4-1-2-5-16(14)11-23)13-24-21-18(20-22-24)15-6-3-8-19-10-15/h1-6,8,10,17,25H,7,9,11-13H2. The summed E-state index contributed by atoms with van der Waals surface area (Å²) in [7, 11) is 0. The van der Waals surface area contributed by atoms with Crippen molar-refractivity contribution in [2.45, 2.75) is 25.6 Å². The summed E-state index contributed by atoms with van der Waals surface area (Å²) in [6.07, 6.45) is 3.88. The van der Waals surface area contributed by atoms with E-state index in [0.29, 0.717) is 18.9 Å². The van der Waals surface area contributed by atoms with E-state index in [1.54, 1.807) is 12.4 Å². The molecule has 0 saturated heterocycles. The first kappa shape index (κ1) is 15.9. The summed E-state index contributed by atoms with van der Waals surface area (Å²) in [5, 5.41) is 22.8. The number of nitrogens with zero attached hydrogens (tertiary/aromatic N) is 6. The molecule has 0 saturated carbocycles. The second-order valence-corrected chi connectivity index (χ2v) is 6.32. The molecule has 3 aromatic rings. The van der Waals surface area contributed by atoms with Crippen molar-refractivity contribution in [1.29, 1.82) is 0 Å². The van der Waals surface area contributed by atoms with E-state index in [0.717, 1.165) is 25.1 Å². The van der Waals surface area contributed by atoms with Gasteiger partial charge in [0.25, 0.3) is 0 Å². The van der Waals surface area contributed by atoms with Crippen molar-refractivity contribution in [3.63, 3.8) is 0 Å². The van der Waals surface area contributed by atoms with Gasteiger partial charge in [-0.3, -0.25) is 9.88 Å². The van der Waals surface area contributed by atoms with Gasteiger partial charge in [0.2, 0.25) is 5.82 Å². The van der Waals surface area contributed by atoms with E-state index in [1.165, 1.54) is 15.9 Å². The summed E-state index contributed by atoms with van der Waals surface area (Å²) in [4.78, 5) is 7.77. The third-order valence-electron chi connectivity index (χ3n) is 4.43. The molecule has 1 atom stereocenters. The van der Waals surface area contributed by atoms with E-state index in [4.69, 9.17) is 0 Å². The molecular formula is C18H20N6O. The Labute approximate surface area is 145 Å². The summed E-state index contributed by atoms with van der Waals surface area (Å²) in [6, 6.07) is 12.2. The van der Waals surface area contributed by atoms with E-state index in [-0.39, 0.29) is 0 Å². The van der Waals surface area contributed by atoms with E-state index in [2.05, 4.69) is 49.6 Å². The Balaban J connectivity index is 1.35. The Kier molecular flexibility index (Phi) is 4.49. The fourth-order valence-corrected chi connectivity index (χ4v) is 3.19. The predicted octanol–water partition coefficient (Wildman–Crippen LogP) is 1.15. The van der Waals surface area contributed by atoms with Crippen molar-refractivity contribution in [1.82, 2.24) is 30.1 Å². The van der Waals surface area contributed by atoms with Crippen LogP contribution in [0.25, 0.3) is 11.4 Å². The number of aromatic nitrogens is 5. The van der Waals surface area contributed by atoms with Crippen LogP contribution in [0.3, 0.4) is 0 Å². The van der Waals surface area contributed by atoms with Crippen molar-refractivity contribution in [3.8, 4) is 11.4 Å². The highest BCUT2D eigenvalue weighted by molar-refractivity contribution is 5.51. The molecule has 0 aliphatic carbocycles. The largest absolute Gasteiger partial charge is 0.390 e. The maximum atomic E-state index is 10.4. The number of aliphatic hydroxyl groups is 1. The molecule has 2 aromatic heterocycles. The summed E-state index contributed by atoms with van der Waals surface area (Å²) < 4.78 is 0. The van der Waals surface area contributed by atoms with Crippen molar-refractivity contribution in [2.24, 2.45) is 0 Å². The zero-order valence-electron chi connectivity index (χ0n) is 13.9. The van der Waals surface area contributed by atoms with Crippen LogP contribution in [0.15, 0.2) is 48.8 Å². The lowest BCUT2D eigenvalue weighted by Crippen LogP contribution is -2.38. The summed E-state index contributed by atoms with van der Waals surface area (Å²) in [5.74, 6) is 0.521. The molecule has 7 nitrogen and oxygen atoms in total. The van der Waals surface area contributed by atoms with Crippen molar-refractivity contribution in [2.75, 3.05) is 13.1 Å². The molecule has 1 aliphatic rings. The zero-order chi connectivity index (χ0) is 17.1. The highest BCUT2D eigenvalue weighted by Crippen LogP contribution is 2.18. The Bertz CT molecular complexity index is 834. The maximum absolute atomic E-state index is 10.4. The van der Waals surface area contributed by atoms with Gasteiger partial charge in [-0.05, 0) is 34.9 Å². The number of rotatable bonds is 5. The average Bonchev–Trinajstić information content (AvgIpc) is 3.10. The van der Waals surface area contributed by atoms with Crippen LogP contribution < -0.4 is 0 Å². The second-order valence-electron chi connectivity index (χ2n) is 6.32. The molecule has 1 aromatic carbocycles. The van der Waals surface area contributed by atoms with E-state index >= 15 is 0 Å². The predicted molar refractivity (Wildman–Crippen MR) is 92.5 cm³/mol. The van der Waals surface area contributed by atoms with Gasteiger partial charge in [-0.1, -0.05) is 24.3 Å². The van der Waals surface area contributed by atoms with Gasteiger partial charge in [-0.2, -0.15) is 4.80 Å². The third kappa shape index (κ3) is 3.72. The van der Waals surface area contributed by atoms with Gasteiger partial charge in [0.05, 0.1) is 12.6 Å². The van der Waals surface area contributed by atoms with Crippen LogP contribution in [-0.4, -0.2) is 54.4 Å². The fraction of sp³-hybridized carbons (Fsp3) is 0.333. The van der Waals surface area contributed by atoms with Gasteiger partial charge in [0.1, 0.15) is 0 Å². The summed E-state index contributed by atoms with van der Waals surface area (Å²) in [6.45, 7) is 2.75. The molecule has 1 N–H and O–H groups in total. The Morgan fingerprint density at radius 1 is 1.08 bits per heavy atom. The van der Waals surface area contributed by atoms with Crippen molar-refractivity contribution in [3.05, 3.63) is 59.9 Å². The maximum Gasteiger partial charge on any atom is 0.206 e. The van der Waals surface area contributed by atoms with Crippen LogP contribution in [0.5, 0.6) is 0 Å². The van der Waals surface area contributed by atoms with Crippen LogP contribution in [0.1, 0.15) is 11.1 Å². The minimum Gasteiger partial charge on any atom is -0.390 e. The molecule has 1 aliphatic heterocycles. The Morgan fingerprint density at radius 2 is 1.96 bits per heavy atom. The fourth-order valence-electron chi connectivity index (χ4n) is 3.19. The molecule has 0 radical (unpaired) electrons. The van der Waals surface area contributed by atoms with Crippen LogP contribution in [0.4, 0.5) is 0 Å². The number of hydrogen-bond acceptors (Lipinski definition) is 6. The molecular weight excluding hydrogens is 316 g/mol. The number of β-amino-alcohol motifs (C(OH)–C–C–N with tert-alkyl or cyclic N) is 1. The molecule has 1 unspecified atom stereocenters. The highest BCUT2D eigenvalue weighted by Gasteiger charge is 2.19. The summed E-state index contributed by atoms with van der Waals surface area (Å²) >= 11 is 0. The van der Waals surface area contributed by atoms with Gasteiger partial charge in [0, 0.05) is 37.6 Å². The first-order valence-electron chi connectivity index (χ1n) is 8.43. The molecule has 4 rings (SSSR count). The average molecular weight is 336 g/mol. The zero-order valence-corrected chi connectivity index (χ0v) is 13.9. The number of tetrazole rings is 1. The number of fused-ring (bicyclic) bond motifs is 1. The van der Waals surface area contributed by atoms with Crippen LogP contribution >= 0.6 is 0 Å². The van der Waals surface area contributed by atoms with Gasteiger partial charge < -0.3 is 5.11 Å². The topological polar surface area (TPSA) is 80.0 Å². The molecule has 0 amide bonds. The minimum atomic E-state index is -0.541. The van der Waals surface area contributed by atoms with Crippen LogP contribution in [0, 0.1) is 0 Å². The highest BCUT2D eigenvalue weighted by atomic mass is 16.3. The first-order chi connectivity index (χ1) is 12.3. The van der Waals surface area contributed by atoms with Gasteiger partial charge in [-0.25, -0.2) is 0 Å². The number of benzene rings is 1. The van der Waals surface area contributed by atoms with Gasteiger partial charge in [0.15, 0.2) is 0 Å². The molecule has 0 spiro atoms. The lowest BCUT2D eigenvalue weighted by Gasteiger charge is -2.30. The third-order valence-corrected chi connectivity index (χ3v) is 4.43. The normalized spacial score (nSPS) is 15.7. The monoisotopic (exact) mass is 336 g/mol. The quantitative estimate of drug-likeness (QED) is 0.753. The SMILES string of the molecule is OC(CN1CCc2ccccc2C1)Cn1nnc(-c2cccnc2)n1. The molecule has 3 heterocycles. The molecule has 0 fully saturated rings.